The number of benzene rings is 1. The quantitative estimate of drug-likeness (QED) is 0.514. The lowest BCUT2D eigenvalue weighted by Gasteiger charge is -2.22. The molecule has 158 valence electrons. The minimum absolute atomic E-state index is 0.0871. The van der Waals surface area contributed by atoms with Crippen molar-refractivity contribution in [1.29, 1.82) is 0 Å². The van der Waals surface area contributed by atoms with E-state index in [0.717, 1.165) is 9.78 Å². The van der Waals surface area contributed by atoms with E-state index in [9.17, 15) is 23.6 Å². The summed E-state index contributed by atoms with van der Waals surface area (Å²) in [6.07, 6.45) is -0.0871. The summed E-state index contributed by atoms with van der Waals surface area (Å²) in [7, 11) is 1.25. The molecule has 0 radical (unpaired) electrons. The molecule has 8 nitrogen and oxygen atoms in total. The minimum atomic E-state index is -1.41. The standard InChI is InChI=1S/C20H20FN3O5S/c1-20(12-5-7-13(21)8-6-12)18(27)24(19(28)23-20)11-16(25)22-14(10-17(26)29-2)15-4-3-9-30-15/h3-9,14H,10-11H2,1-2H3,(H,22,25)(H,23,28). The number of rotatable bonds is 7. The molecule has 2 N–H and O–H groups in total. The summed E-state index contributed by atoms with van der Waals surface area (Å²) >= 11 is 1.35. The number of amides is 4. The Labute approximate surface area is 176 Å². The molecule has 0 spiro atoms. The Morgan fingerprint density at radius 1 is 1.27 bits per heavy atom. The number of thiophene rings is 1. The molecule has 1 aromatic heterocycles. The first-order chi connectivity index (χ1) is 14.2. The van der Waals surface area contributed by atoms with E-state index >= 15 is 0 Å². The Morgan fingerprint density at radius 3 is 2.57 bits per heavy atom. The van der Waals surface area contributed by atoms with Gasteiger partial charge < -0.3 is 15.4 Å². The lowest BCUT2D eigenvalue weighted by atomic mass is 9.92. The van der Waals surface area contributed by atoms with Crippen LogP contribution in [0, 0.1) is 5.82 Å². The van der Waals surface area contributed by atoms with Crippen molar-refractivity contribution < 1.29 is 28.3 Å². The molecular formula is C20H20FN3O5S. The predicted molar refractivity (Wildman–Crippen MR) is 106 cm³/mol. The number of carbonyl (C=O) groups excluding carboxylic acids is 4. The second-order valence-corrected chi connectivity index (χ2v) is 7.85. The van der Waals surface area contributed by atoms with Crippen molar-refractivity contribution in [2.24, 2.45) is 0 Å². The smallest absolute Gasteiger partial charge is 0.325 e. The van der Waals surface area contributed by atoms with E-state index in [-0.39, 0.29) is 6.42 Å². The van der Waals surface area contributed by atoms with Gasteiger partial charge in [-0.1, -0.05) is 18.2 Å². The number of carbonyl (C=O) groups is 4. The maximum atomic E-state index is 13.2. The van der Waals surface area contributed by atoms with Gasteiger partial charge in [-0.05, 0) is 36.1 Å². The van der Waals surface area contributed by atoms with Gasteiger partial charge in [0.25, 0.3) is 5.91 Å². The molecule has 10 heteroatoms. The van der Waals surface area contributed by atoms with Gasteiger partial charge in [-0.2, -0.15) is 0 Å². The second-order valence-electron chi connectivity index (χ2n) is 6.87. The molecule has 3 rings (SSSR count). The first-order valence-electron chi connectivity index (χ1n) is 9.04. The fourth-order valence-electron chi connectivity index (χ4n) is 3.17. The van der Waals surface area contributed by atoms with Crippen LogP contribution >= 0.6 is 11.3 Å². The summed E-state index contributed by atoms with van der Waals surface area (Å²) in [5.74, 6) is -2.22. The zero-order valence-corrected chi connectivity index (χ0v) is 17.1. The molecule has 2 unspecified atom stereocenters. The number of halogens is 1. The average Bonchev–Trinajstić information content (AvgIpc) is 3.32. The van der Waals surface area contributed by atoms with Gasteiger partial charge in [0, 0.05) is 4.88 Å². The van der Waals surface area contributed by atoms with Gasteiger partial charge in [0.1, 0.15) is 17.9 Å². The molecule has 2 heterocycles. The molecule has 1 aromatic carbocycles. The highest BCUT2D eigenvalue weighted by atomic mass is 32.1. The van der Waals surface area contributed by atoms with Crippen molar-refractivity contribution in [3.05, 3.63) is 58.0 Å². The molecule has 0 saturated carbocycles. The summed E-state index contributed by atoms with van der Waals surface area (Å²) in [6, 6.07) is 7.35. The van der Waals surface area contributed by atoms with Crippen LogP contribution < -0.4 is 10.6 Å². The van der Waals surface area contributed by atoms with Crippen LogP contribution in [0.25, 0.3) is 0 Å². The van der Waals surface area contributed by atoms with Gasteiger partial charge in [-0.25, -0.2) is 9.18 Å². The Hall–Kier alpha value is -3.27. The zero-order valence-electron chi connectivity index (χ0n) is 16.3. The summed E-state index contributed by atoms with van der Waals surface area (Å²) in [5.41, 5.74) is -1.02. The fraction of sp³-hybridized carbons (Fsp3) is 0.300. The van der Waals surface area contributed by atoms with Crippen molar-refractivity contribution in [1.82, 2.24) is 15.5 Å². The third-order valence-electron chi connectivity index (χ3n) is 4.82. The van der Waals surface area contributed by atoms with Crippen LogP contribution in [0.15, 0.2) is 41.8 Å². The van der Waals surface area contributed by atoms with Crippen LogP contribution in [0.5, 0.6) is 0 Å². The summed E-state index contributed by atoms with van der Waals surface area (Å²) in [5, 5.41) is 7.03. The zero-order chi connectivity index (χ0) is 21.9. The Kier molecular flexibility index (Phi) is 6.16. The molecule has 1 aliphatic heterocycles. The van der Waals surface area contributed by atoms with Crippen molar-refractivity contribution in [2.75, 3.05) is 13.7 Å². The normalized spacial score (nSPS) is 19.4. The van der Waals surface area contributed by atoms with E-state index in [1.807, 2.05) is 0 Å². The summed E-state index contributed by atoms with van der Waals surface area (Å²) in [6.45, 7) is 0.967. The lowest BCUT2D eigenvalue weighted by Crippen LogP contribution is -2.44. The molecule has 0 bridgehead atoms. The van der Waals surface area contributed by atoms with Gasteiger partial charge >= 0.3 is 12.0 Å². The van der Waals surface area contributed by atoms with E-state index in [4.69, 9.17) is 0 Å². The topological polar surface area (TPSA) is 105 Å². The fourth-order valence-corrected chi connectivity index (χ4v) is 3.94. The number of ether oxygens (including phenoxy) is 1. The van der Waals surface area contributed by atoms with E-state index in [1.165, 1.54) is 49.6 Å². The van der Waals surface area contributed by atoms with Gasteiger partial charge in [0.15, 0.2) is 0 Å². The van der Waals surface area contributed by atoms with Gasteiger partial charge in [0.2, 0.25) is 5.91 Å². The maximum Gasteiger partial charge on any atom is 0.325 e. The summed E-state index contributed by atoms with van der Waals surface area (Å²) in [4.78, 5) is 51.1. The van der Waals surface area contributed by atoms with Crippen molar-refractivity contribution in [3.63, 3.8) is 0 Å². The van der Waals surface area contributed by atoms with Gasteiger partial charge in [-0.15, -0.1) is 11.3 Å². The first-order valence-corrected chi connectivity index (χ1v) is 9.92. The van der Waals surface area contributed by atoms with Gasteiger partial charge in [0.05, 0.1) is 19.6 Å². The molecule has 2 aromatic rings. The van der Waals surface area contributed by atoms with E-state index < -0.39 is 47.8 Å². The largest absolute Gasteiger partial charge is 0.469 e. The molecule has 30 heavy (non-hydrogen) atoms. The van der Waals surface area contributed by atoms with Crippen molar-refractivity contribution in [3.8, 4) is 0 Å². The monoisotopic (exact) mass is 433 g/mol. The highest BCUT2D eigenvalue weighted by Crippen LogP contribution is 2.29. The Morgan fingerprint density at radius 2 is 1.97 bits per heavy atom. The number of nitrogens with one attached hydrogen (secondary N) is 2. The highest BCUT2D eigenvalue weighted by Gasteiger charge is 2.49. The van der Waals surface area contributed by atoms with E-state index in [1.54, 1.807) is 17.5 Å². The Bertz CT molecular complexity index is 963. The SMILES string of the molecule is COC(=O)CC(NC(=O)CN1C(=O)NC(C)(c2ccc(F)cc2)C1=O)c1cccs1. The van der Waals surface area contributed by atoms with Crippen molar-refractivity contribution in [2.45, 2.75) is 24.9 Å². The molecule has 1 saturated heterocycles. The third kappa shape index (κ3) is 4.33. The maximum absolute atomic E-state index is 13.2. The molecule has 0 aliphatic carbocycles. The second kappa shape index (κ2) is 8.62. The molecule has 1 aliphatic rings. The predicted octanol–water partition coefficient (Wildman–Crippen LogP) is 2.07. The minimum Gasteiger partial charge on any atom is -0.469 e. The highest BCUT2D eigenvalue weighted by molar-refractivity contribution is 7.10. The van der Waals surface area contributed by atoms with Crippen LogP contribution in [0.2, 0.25) is 0 Å². The van der Waals surface area contributed by atoms with Crippen LogP contribution in [0.3, 0.4) is 0 Å². The van der Waals surface area contributed by atoms with Crippen LogP contribution in [0.4, 0.5) is 9.18 Å². The van der Waals surface area contributed by atoms with Crippen LogP contribution in [0.1, 0.15) is 29.8 Å². The molecular weight excluding hydrogens is 413 g/mol. The number of methoxy groups -OCH3 is 1. The molecule has 4 amide bonds. The number of hydrogen-bond acceptors (Lipinski definition) is 6. The van der Waals surface area contributed by atoms with E-state index in [2.05, 4.69) is 15.4 Å². The molecule has 1 fully saturated rings. The van der Waals surface area contributed by atoms with Crippen molar-refractivity contribution >= 4 is 35.2 Å². The first kappa shape index (κ1) is 21.4. The average molecular weight is 433 g/mol. The number of urea groups is 1. The molecule has 2 atom stereocenters. The lowest BCUT2D eigenvalue weighted by molar-refractivity contribution is -0.141. The number of nitrogens with zero attached hydrogens (tertiary/aromatic N) is 1. The van der Waals surface area contributed by atoms with E-state index in [0.29, 0.717) is 5.56 Å². The third-order valence-corrected chi connectivity index (χ3v) is 5.80. The van der Waals surface area contributed by atoms with Gasteiger partial charge in [-0.3, -0.25) is 19.3 Å². The van der Waals surface area contributed by atoms with Crippen LogP contribution in [-0.2, 0) is 24.7 Å². The van der Waals surface area contributed by atoms with Crippen LogP contribution in [-0.4, -0.2) is 42.4 Å². The number of esters is 1. The number of imide groups is 1. The summed E-state index contributed by atoms with van der Waals surface area (Å²) < 4.78 is 17.9. The Balaban J connectivity index is 1.72. The number of hydrogen-bond donors (Lipinski definition) is 2.